The maximum Gasteiger partial charge on any atom is 0.341 e. The van der Waals surface area contributed by atoms with E-state index >= 15 is 0 Å². The van der Waals surface area contributed by atoms with Gasteiger partial charge >= 0.3 is 23.9 Å². The molecule has 0 bridgehead atoms. The Bertz CT molecular complexity index is 3030. The SMILES string of the molecule is COC(=O)c1cc(C(=O)Nc2cc(C(=CCCC3CC[C@@]4(C)C(CC[C@H]5[C@@H]6CC[C@H]([C@H](C)CCCC(C)C)[C@@]6(C)CC[C@@H]54)C3)c3cc(NC(=O)c4ccc(OC)c(C(=O)OC)c4)c(OC)c(C(=O)OC)c3)cc(C(=O)OC)c2OC)ccc1OC. The Morgan fingerprint density at radius 3 is 1.51 bits per heavy atom. The first-order chi connectivity index (χ1) is 40.7. The van der Waals surface area contributed by atoms with Crippen molar-refractivity contribution in [2.24, 2.45) is 58.2 Å². The molecule has 4 saturated carbocycles. The van der Waals surface area contributed by atoms with E-state index in [2.05, 4.69) is 51.3 Å². The lowest BCUT2D eigenvalue weighted by Crippen LogP contribution is -2.53. The fourth-order valence-electron chi connectivity index (χ4n) is 15.8. The van der Waals surface area contributed by atoms with Crippen molar-refractivity contribution in [3.05, 3.63) is 111 Å². The first-order valence-corrected chi connectivity index (χ1v) is 30.2. The van der Waals surface area contributed by atoms with Gasteiger partial charge in [0.15, 0.2) is 11.5 Å². The molecule has 4 aromatic rings. The third kappa shape index (κ3) is 13.1. The van der Waals surface area contributed by atoms with E-state index in [9.17, 15) is 28.8 Å². The number of amides is 2. The van der Waals surface area contributed by atoms with Gasteiger partial charge in [0.25, 0.3) is 11.8 Å². The van der Waals surface area contributed by atoms with Crippen molar-refractivity contribution in [1.29, 1.82) is 0 Å². The summed E-state index contributed by atoms with van der Waals surface area (Å²) in [7, 11) is 10.4. The van der Waals surface area contributed by atoms with Gasteiger partial charge in [-0.25, -0.2) is 19.2 Å². The van der Waals surface area contributed by atoms with Crippen LogP contribution >= 0.6 is 0 Å². The van der Waals surface area contributed by atoms with Crippen LogP contribution in [0.4, 0.5) is 11.4 Å². The van der Waals surface area contributed by atoms with Gasteiger partial charge in [-0.3, -0.25) is 9.59 Å². The van der Waals surface area contributed by atoms with Crippen molar-refractivity contribution >= 4 is 52.6 Å². The maximum atomic E-state index is 14.3. The number of anilines is 2. The standard InChI is InChI=1S/C69H88N2O14/c1-39(2)16-14-17-40(3)53-24-25-54-48-23-22-46-32-41(28-30-68(46,4)55(48)29-31-69(53,54)5)18-15-19-47(44-35-51(66(76)84-12)60(80-8)56(37-44)70-62(72)42-20-26-58(78-6)49(33-42)64(74)82-10)45-36-52(67(77)85-13)61(81-9)57(38-45)71-63(73)43-21-27-59(79-7)50(34-43)65(75)83-11/h19-21,26-27,33-41,46,48,53-55H,14-18,22-25,28-32H2,1-13H3,(H,70,72)(H,71,73)/t40-,41?,46?,48+,53-,54+,55+,68+,69-/m1/s1. The molecular weight excluding hydrogens is 1080 g/mol. The van der Waals surface area contributed by atoms with Crippen molar-refractivity contribution < 1.29 is 66.7 Å². The molecule has 0 aliphatic heterocycles. The summed E-state index contributed by atoms with van der Waals surface area (Å²) in [5, 5.41) is 5.81. The minimum atomic E-state index is -0.767. The first kappa shape index (κ1) is 63.7. The highest BCUT2D eigenvalue weighted by atomic mass is 16.5. The molecule has 2 unspecified atom stereocenters. The number of esters is 4. The fourth-order valence-corrected chi connectivity index (χ4v) is 15.8. The largest absolute Gasteiger partial charge is 0.496 e. The molecule has 16 nitrogen and oxygen atoms in total. The molecule has 8 rings (SSSR count). The van der Waals surface area contributed by atoms with Crippen LogP contribution in [0.25, 0.3) is 5.57 Å². The summed E-state index contributed by atoms with van der Waals surface area (Å²) in [5.41, 5.74) is 2.36. The third-order valence-corrected chi connectivity index (χ3v) is 20.1. The van der Waals surface area contributed by atoms with Crippen LogP contribution in [0.5, 0.6) is 23.0 Å². The number of hydrogen-bond donors (Lipinski definition) is 2. The Labute approximate surface area is 501 Å². The molecule has 2 amide bonds. The first-order valence-electron chi connectivity index (χ1n) is 30.2. The van der Waals surface area contributed by atoms with E-state index in [-0.39, 0.29) is 67.8 Å². The molecule has 9 atom stereocenters. The average molecular weight is 1170 g/mol. The summed E-state index contributed by atoms with van der Waals surface area (Å²) < 4.78 is 43.0. The van der Waals surface area contributed by atoms with Crippen LogP contribution < -0.4 is 29.6 Å². The lowest BCUT2D eigenvalue weighted by Gasteiger charge is -2.61. The molecule has 0 aromatic heterocycles. The number of benzene rings is 4. The second kappa shape index (κ2) is 27.3. The number of ether oxygens (including phenoxy) is 8. The summed E-state index contributed by atoms with van der Waals surface area (Å²) in [6.07, 6.45) is 18.9. The zero-order valence-electron chi connectivity index (χ0n) is 52.1. The smallest absolute Gasteiger partial charge is 0.341 e. The quantitative estimate of drug-likeness (QED) is 0.0556. The highest BCUT2D eigenvalue weighted by Crippen LogP contribution is 2.69. The second-order valence-corrected chi connectivity index (χ2v) is 24.9. The van der Waals surface area contributed by atoms with Crippen molar-refractivity contribution in [3.8, 4) is 23.0 Å². The molecule has 4 aliphatic rings. The summed E-state index contributed by atoms with van der Waals surface area (Å²) >= 11 is 0. The van der Waals surface area contributed by atoms with E-state index in [1.165, 1.54) is 157 Å². The maximum absolute atomic E-state index is 14.3. The van der Waals surface area contributed by atoms with Gasteiger partial charge in [0.05, 0.1) is 68.3 Å². The number of carbonyl (C=O) groups is 6. The van der Waals surface area contributed by atoms with Crippen molar-refractivity contribution in [2.45, 2.75) is 125 Å². The number of fused-ring (bicyclic) bond motifs is 5. The Morgan fingerprint density at radius 1 is 0.541 bits per heavy atom. The van der Waals surface area contributed by atoms with E-state index in [1.54, 1.807) is 24.3 Å². The van der Waals surface area contributed by atoms with Gasteiger partial charge in [0, 0.05) is 11.1 Å². The molecule has 4 aromatic carbocycles. The van der Waals surface area contributed by atoms with Gasteiger partial charge in [-0.15, -0.1) is 0 Å². The summed E-state index contributed by atoms with van der Waals surface area (Å²) in [5.74, 6) is 1.87. The summed E-state index contributed by atoms with van der Waals surface area (Å²) in [6, 6.07) is 15.1. The molecule has 2 N–H and O–H groups in total. The predicted molar refractivity (Wildman–Crippen MR) is 326 cm³/mol. The van der Waals surface area contributed by atoms with E-state index in [0.717, 1.165) is 54.8 Å². The number of allylic oxidation sites excluding steroid dienone is 1. The zero-order chi connectivity index (χ0) is 61.5. The molecule has 458 valence electrons. The predicted octanol–water partition coefficient (Wildman–Crippen LogP) is 14.3. The molecular formula is C69H88N2O14. The van der Waals surface area contributed by atoms with Crippen molar-refractivity contribution in [1.82, 2.24) is 0 Å². The highest BCUT2D eigenvalue weighted by Gasteiger charge is 2.60. The van der Waals surface area contributed by atoms with E-state index < -0.39 is 35.7 Å². The molecule has 0 radical (unpaired) electrons. The van der Waals surface area contributed by atoms with Gasteiger partial charge < -0.3 is 48.5 Å². The summed E-state index contributed by atoms with van der Waals surface area (Å²) in [6.45, 7) is 12.5. The lowest BCUT2D eigenvalue weighted by molar-refractivity contribution is -0.121. The van der Waals surface area contributed by atoms with Crippen LogP contribution in [0.3, 0.4) is 0 Å². The van der Waals surface area contributed by atoms with Crippen LogP contribution in [-0.4, -0.2) is 92.6 Å². The van der Waals surface area contributed by atoms with Crippen molar-refractivity contribution in [2.75, 3.05) is 67.5 Å². The number of methoxy groups -OCH3 is 8. The van der Waals surface area contributed by atoms with Gasteiger partial charge in [0.2, 0.25) is 0 Å². The Kier molecular flexibility index (Phi) is 20.5. The highest BCUT2D eigenvalue weighted by molar-refractivity contribution is 6.10. The molecule has 0 heterocycles. The Balaban J connectivity index is 1.16. The van der Waals surface area contributed by atoms with Crippen LogP contribution in [0.1, 0.15) is 198 Å². The summed E-state index contributed by atoms with van der Waals surface area (Å²) in [4.78, 5) is 82.0. The molecule has 16 heteroatoms. The number of rotatable bonds is 22. The number of carbonyl (C=O) groups excluding carboxylic acids is 6. The monoisotopic (exact) mass is 1170 g/mol. The van der Waals surface area contributed by atoms with Crippen molar-refractivity contribution in [3.63, 3.8) is 0 Å². The lowest BCUT2D eigenvalue weighted by atomic mass is 9.44. The Hall–Kier alpha value is -7.36. The van der Waals surface area contributed by atoms with Gasteiger partial charge in [0.1, 0.15) is 33.8 Å². The minimum Gasteiger partial charge on any atom is -0.496 e. The molecule has 85 heavy (non-hydrogen) atoms. The zero-order valence-corrected chi connectivity index (χ0v) is 52.1. The molecule has 0 saturated heterocycles. The Morgan fingerprint density at radius 2 is 1.02 bits per heavy atom. The fraction of sp³-hybridized carbons (Fsp3) is 0.536. The van der Waals surface area contributed by atoms with Gasteiger partial charge in [-0.2, -0.15) is 0 Å². The van der Waals surface area contributed by atoms with Crippen LogP contribution in [-0.2, 0) is 18.9 Å². The third-order valence-electron chi connectivity index (χ3n) is 20.1. The van der Waals surface area contributed by atoms with Crippen LogP contribution in [0.15, 0.2) is 66.7 Å². The molecule has 0 spiro atoms. The number of nitrogens with one attached hydrogen (secondary N) is 2. The molecule has 4 fully saturated rings. The van der Waals surface area contributed by atoms with Gasteiger partial charge in [-0.1, -0.05) is 60.0 Å². The number of hydrogen-bond acceptors (Lipinski definition) is 14. The van der Waals surface area contributed by atoms with E-state index in [4.69, 9.17) is 37.9 Å². The second-order valence-electron chi connectivity index (χ2n) is 24.9. The van der Waals surface area contributed by atoms with E-state index in [1.807, 2.05) is 0 Å². The topological polar surface area (TPSA) is 200 Å². The normalized spacial score (nSPS) is 23.4. The average Bonchev–Trinajstić information content (AvgIpc) is 2.01. The van der Waals surface area contributed by atoms with Crippen LogP contribution in [0.2, 0.25) is 0 Å². The molecule has 4 aliphatic carbocycles. The van der Waals surface area contributed by atoms with E-state index in [0.29, 0.717) is 45.8 Å². The van der Waals surface area contributed by atoms with Gasteiger partial charge in [-0.05, 0) is 206 Å². The van der Waals surface area contributed by atoms with Crippen LogP contribution in [0, 0.1) is 58.2 Å². The minimum absolute atomic E-state index is 0.00396.